The lowest BCUT2D eigenvalue weighted by atomic mass is 9.97. The average molecular weight is 350 g/mol. The van der Waals surface area contributed by atoms with Crippen molar-refractivity contribution < 1.29 is 0 Å². The first kappa shape index (κ1) is 16.2. The molecule has 0 aliphatic heterocycles. The molecule has 2 aromatic rings. The smallest absolute Gasteiger partial charge is 0.0766 e. The van der Waals surface area contributed by atoms with Crippen LogP contribution in [-0.4, -0.2) is 16.8 Å². The second kappa shape index (κ2) is 7.23. The lowest BCUT2D eigenvalue weighted by molar-refractivity contribution is 0.538. The molecule has 114 valence electrons. The van der Waals surface area contributed by atoms with Crippen molar-refractivity contribution in [1.82, 2.24) is 15.1 Å². The molecule has 1 atom stereocenters. The maximum absolute atomic E-state index is 4.69. The Labute approximate surface area is 135 Å². The zero-order chi connectivity index (χ0) is 15.4. The predicted octanol–water partition coefficient (Wildman–Crippen LogP) is 4.04. The molecule has 2 rings (SSSR count). The number of halogens is 1. The highest BCUT2D eigenvalue weighted by atomic mass is 79.9. The van der Waals surface area contributed by atoms with Gasteiger partial charge in [-0.05, 0) is 54.4 Å². The normalized spacial score (nSPS) is 12.6. The van der Waals surface area contributed by atoms with Crippen LogP contribution in [0, 0.1) is 6.92 Å². The van der Waals surface area contributed by atoms with Crippen LogP contribution >= 0.6 is 15.9 Å². The zero-order valence-corrected chi connectivity index (χ0v) is 14.9. The number of aromatic nitrogens is 2. The van der Waals surface area contributed by atoms with Crippen LogP contribution in [-0.2, 0) is 19.4 Å². The molecule has 1 aromatic carbocycles. The van der Waals surface area contributed by atoms with Crippen LogP contribution < -0.4 is 5.32 Å². The highest BCUT2D eigenvalue weighted by molar-refractivity contribution is 9.10. The van der Waals surface area contributed by atoms with Crippen molar-refractivity contribution >= 4 is 15.9 Å². The number of rotatable bonds is 6. The van der Waals surface area contributed by atoms with E-state index in [1.54, 1.807) is 0 Å². The summed E-state index contributed by atoms with van der Waals surface area (Å²) in [5.41, 5.74) is 5.10. The molecule has 0 saturated heterocycles. The summed E-state index contributed by atoms with van der Waals surface area (Å²) in [5.74, 6) is 0. The van der Waals surface area contributed by atoms with Gasteiger partial charge in [-0.1, -0.05) is 31.2 Å². The van der Waals surface area contributed by atoms with E-state index in [-0.39, 0.29) is 0 Å². The number of hydrogen-bond acceptors (Lipinski definition) is 2. The fourth-order valence-corrected chi connectivity index (χ4v) is 3.48. The van der Waals surface area contributed by atoms with Crippen LogP contribution in [0.2, 0.25) is 0 Å². The molecule has 1 N–H and O–H groups in total. The van der Waals surface area contributed by atoms with Crippen LogP contribution in [0.25, 0.3) is 0 Å². The molecule has 0 aliphatic carbocycles. The van der Waals surface area contributed by atoms with E-state index in [0.717, 1.165) is 25.1 Å². The molecule has 0 saturated carbocycles. The van der Waals surface area contributed by atoms with Crippen LogP contribution in [0.15, 0.2) is 28.7 Å². The highest BCUT2D eigenvalue weighted by Gasteiger charge is 2.19. The fraction of sp³-hybridized carbons (Fsp3) is 0.471. The predicted molar refractivity (Wildman–Crippen MR) is 91.7 cm³/mol. The lowest BCUT2D eigenvalue weighted by Crippen LogP contribution is -2.21. The quantitative estimate of drug-likeness (QED) is 0.852. The second-order valence-corrected chi connectivity index (χ2v) is 6.07. The summed E-state index contributed by atoms with van der Waals surface area (Å²) in [6, 6.07) is 8.87. The lowest BCUT2D eigenvalue weighted by Gasteiger charge is -2.19. The van der Waals surface area contributed by atoms with Crippen molar-refractivity contribution in [1.29, 1.82) is 0 Å². The number of nitrogens with zero attached hydrogens (tertiary/aromatic N) is 2. The summed E-state index contributed by atoms with van der Waals surface area (Å²) in [5, 5.41) is 8.14. The Kier molecular flexibility index (Phi) is 5.59. The molecule has 0 spiro atoms. The molecule has 1 unspecified atom stereocenters. The first-order valence-corrected chi connectivity index (χ1v) is 8.38. The van der Waals surface area contributed by atoms with E-state index in [2.05, 4.69) is 71.0 Å². The Morgan fingerprint density at radius 3 is 2.57 bits per heavy atom. The maximum atomic E-state index is 4.69. The molecule has 3 nitrogen and oxygen atoms in total. The van der Waals surface area contributed by atoms with Crippen LogP contribution in [0.3, 0.4) is 0 Å². The topological polar surface area (TPSA) is 29.9 Å². The fourth-order valence-electron chi connectivity index (χ4n) is 2.75. The molecular formula is C17H24BrN3. The van der Waals surface area contributed by atoms with Crippen LogP contribution in [0.4, 0.5) is 0 Å². The molecule has 0 fully saturated rings. The van der Waals surface area contributed by atoms with Gasteiger partial charge in [-0.25, -0.2) is 0 Å². The van der Waals surface area contributed by atoms with Gasteiger partial charge in [0.2, 0.25) is 0 Å². The number of aryl methyl sites for hydroxylation is 3. The van der Waals surface area contributed by atoms with Crippen molar-refractivity contribution in [2.45, 2.75) is 46.2 Å². The highest BCUT2D eigenvalue weighted by Crippen LogP contribution is 2.28. The number of likely N-dealkylation sites (N-methyl/N-ethyl adjacent to an activating group) is 1. The maximum Gasteiger partial charge on any atom is 0.0766 e. The minimum absolute atomic E-state index is 0.300. The van der Waals surface area contributed by atoms with E-state index >= 15 is 0 Å². The van der Waals surface area contributed by atoms with Gasteiger partial charge >= 0.3 is 0 Å². The van der Waals surface area contributed by atoms with Gasteiger partial charge < -0.3 is 5.32 Å². The third-order valence-electron chi connectivity index (χ3n) is 4.00. The summed E-state index contributed by atoms with van der Waals surface area (Å²) in [6.45, 7) is 7.36. The minimum Gasteiger partial charge on any atom is -0.313 e. The summed E-state index contributed by atoms with van der Waals surface area (Å²) in [6.07, 6.45) is 1.89. The summed E-state index contributed by atoms with van der Waals surface area (Å²) in [4.78, 5) is 0. The van der Waals surface area contributed by atoms with Crippen molar-refractivity contribution in [2.24, 2.45) is 0 Å². The standard InChI is InChI=1S/C17H24BrN3/c1-5-14-17(18)16(21(6-2)20-14)11-15(19-4)13-10-8-7-9-12(13)3/h7-10,15,19H,5-6,11H2,1-4H3. The monoisotopic (exact) mass is 349 g/mol. The van der Waals surface area contributed by atoms with Crippen molar-refractivity contribution in [3.8, 4) is 0 Å². The largest absolute Gasteiger partial charge is 0.313 e. The van der Waals surface area contributed by atoms with E-state index in [1.165, 1.54) is 21.3 Å². The van der Waals surface area contributed by atoms with Gasteiger partial charge in [0, 0.05) is 19.0 Å². The molecule has 4 heteroatoms. The van der Waals surface area contributed by atoms with Gasteiger partial charge in [-0.15, -0.1) is 0 Å². The summed E-state index contributed by atoms with van der Waals surface area (Å²) in [7, 11) is 2.03. The minimum atomic E-state index is 0.300. The molecular weight excluding hydrogens is 326 g/mol. The Hall–Kier alpha value is -1.13. The van der Waals surface area contributed by atoms with Gasteiger partial charge in [0.15, 0.2) is 0 Å². The Morgan fingerprint density at radius 2 is 2.00 bits per heavy atom. The third-order valence-corrected chi connectivity index (χ3v) is 4.92. The van der Waals surface area contributed by atoms with Crippen molar-refractivity contribution in [3.63, 3.8) is 0 Å². The molecule has 1 aromatic heterocycles. The Morgan fingerprint density at radius 1 is 1.29 bits per heavy atom. The molecule has 0 aliphatic rings. The van der Waals surface area contributed by atoms with Gasteiger partial charge in [-0.2, -0.15) is 5.10 Å². The van der Waals surface area contributed by atoms with Gasteiger partial charge in [0.05, 0.1) is 15.9 Å². The van der Waals surface area contributed by atoms with Gasteiger partial charge in [-0.3, -0.25) is 4.68 Å². The first-order chi connectivity index (χ1) is 10.1. The number of nitrogens with one attached hydrogen (secondary N) is 1. The first-order valence-electron chi connectivity index (χ1n) is 7.59. The zero-order valence-electron chi connectivity index (χ0n) is 13.3. The molecule has 1 heterocycles. The summed E-state index contributed by atoms with van der Waals surface area (Å²) >= 11 is 3.74. The van der Waals surface area contributed by atoms with Crippen molar-refractivity contribution in [3.05, 3.63) is 51.3 Å². The average Bonchev–Trinajstić information content (AvgIpc) is 2.81. The van der Waals surface area contributed by atoms with E-state index < -0.39 is 0 Å². The van der Waals surface area contributed by atoms with Gasteiger partial charge in [0.25, 0.3) is 0 Å². The number of benzene rings is 1. The SMILES string of the molecule is CCc1nn(CC)c(CC(NC)c2ccccc2C)c1Br. The third kappa shape index (κ3) is 3.38. The number of hydrogen-bond donors (Lipinski definition) is 1. The van der Waals surface area contributed by atoms with Crippen molar-refractivity contribution in [2.75, 3.05) is 7.05 Å². The van der Waals surface area contributed by atoms with Gasteiger partial charge in [0.1, 0.15) is 0 Å². The van der Waals surface area contributed by atoms with Crippen LogP contribution in [0.5, 0.6) is 0 Å². The molecule has 0 radical (unpaired) electrons. The van der Waals surface area contributed by atoms with E-state index in [1.807, 2.05) is 7.05 Å². The van der Waals surface area contributed by atoms with Crippen LogP contribution in [0.1, 0.15) is 42.4 Å². The molecule has 0 bridgehead atoms. The molecule has 0 amide bonds. The van der Waals surface area contributed by atoms with E-state index in [9.17, 15) is 0 Å². The Bertz CT molecular complexity index is 604. The summed E-state index contributed by atoms with van der Waals surface area (Å²) < 4.78 is 3.28. The molecule has 21 heavy (non-hydrogen) atoms. The Balaban J connectivity index is 2.35. The van der Waals surface area contributed by atoms with E-state index in [4.69, 9.17) is 5.10 Å². The second-order valence-electron chi connectivity index (χ2n) is 5.28. The van der Waals surface area contributed by atoms with E-state index in [0.29, 0.717) is 6.04 Å².